The zero-order chi connectivity index (χ0) is 13.0. The Balaban J connectivity index is 2.25. The van der Waals surface area contributed by atoms with Crippen molar-refractivity contribution < 1.29 is 0 Å². The van der Waals surface area contributed by atoms with Gasteiger partial charge in [-0.05, 0) is 30.3 Å². The molecule has 0 spiro atoms. The summed E-state index contributed by atoms with van der Waals surface area (Å²) in [5, 5.41) is 3.58. The molecule has 0 saturated carbocycles. The molecule has 0 aliphatic carbocycles. The molecule has 1 N–H and O–H groups in total. The van der Waals surface area contributed by atoms with Crippen LogP contribution < -0.4 is 5.32 Å². The molecule has 0 bridgehead atoms. The Bertz CT molecular complexity index is 567. The minimum absolute atomic E-state index is 0.478. The van der Waals surface area contributed by atoms with Crippen molar-refractivity contribution in [1.29, 1.82) is 0 Å². The summed E-state index contributed by atoms with van der Waals surface area (Å²) in [5.41, 5.74) is 2.74. The van der Waals surface area contributed by atoms with Crippen molar-refractivity contribution in [1.82, 2.24) is 4.98 Å². The van der Waals surface area contributed by atoms with Crippen molar-refractivity contribution in [3.8, 4) is 0 Å². The molecule has 0 aliphatic heterocycles. The monoisotopic (exact) mass is 323 g/mol. The van der Waals surface area contributed by atoms with E-state index in [0.29, 0.717) is 5.15 Å². The van der Waals surface area contributed by atoms with Gasteiger partial charge in [0.05, 0.1) is 11.4 Å². The fraction of sp³-hybridized carbons (Fsp3) is 0.0769. The molecule has 18 heavy (non-hydrogen) atoms. The Morgan fingerprint density at radius 2 is 2.17 bits per heavy atom. The molecular formula is C13H11BrClN3. The van der Waals surface area contributed by atoms with Gasteiger partial charge < -0.3 is 5.32 Å². The van der Waals surface area contributed by atoms with E-state index in [1.54, 1.807) is 18.5 Å². The van der Waals surface area contributed by atoms with E-state index in [9.17, 15) is 0 Å². The highest BCUT2D eigenvalue weighted by Gasteiger charge is 1.99. The number of hydrogen-bond acceptors (Lipinski definition) is 3. The highest BCUT2D eigenvalue weighted by Crippen LogP contribution is 2.27. The van der Waals surface area contributed by atoms with E-state index in [1.807, 2.05) is 31.3 Å². The first-order valence-corrected chi connectivity index (χ1v) is 6.49. The van der Waals surface area contributed by atoms with Crippen LogP contribution in [0, 0.1) is 0 Å². The van der Waals surface area contributed by atoms with Crippen LogP contribution in [-0.4, -0.2) is 18.2 Å². The summed E-state index contributed by atoms with van der Waals surface area (Å²) in [6.07, 6.45) is 3.44. The summed E-state index contributed by atoms with van der Waals surface area (Å²) in [4.78, 5) is 8.43. The largest absolute Gasteiger partial charge is 0.386 e. The first-order valence-electron chi connectivity index (χ1n) is 5.32. The Morgan fingerprint density at radius 1 is 1.33 bits per heavy atom. The Morgan fingerprint density at radius 3 is 2.83 bits per heavy atom. The van der Waals surface area contributed by atoms with E-state index in [4.69, 9.17) is 11.6 Å². The maximum Gasteiger partial charge on any atom is 0.129 e. The molecule has 1 aromatic heterocycles. The molecule has 3 nitrogen and oxygen atoms in total. The molecule has 1 heterocycles. The van der Waals surface area contributed by atoms with Gasteiger partial charge in [0.1, 0.15) is 5.15 Å². The molecule has 0 unspecified atom stereocenters. The van der Waals surface area contributed by atoms with Crippen LogP contribution in [-0.2, 0) is 0 Å². The summed E-state index contributed by atoms with van der Waals surface area (Å²) in [6.45, 7) is 0. The molecular weight excluding hydrogens is 314 g/mol. The van der Waals surface area contributed by atoms with E-state index in [0.717, 1.165) is 21.4 Å². The van der Waals surface area contributed by atoms with Crippen LogP contribution in [0.15, 0.2) is 46.0 Å². The summed E-state index contributed by atoms with van der Waals surface area (Å²) in [5.74, 6) is 0. The van der Waals surface area contributed by atoms with E-state index in [-0.39, 0.29) is 0 Å². The summed E-state index contributed by atoms with van der Waals surface area (Å²) < 4.78 is 1.01. The van der Waals surface area contributed by atoms with Gasteiger partial charge in [-0.15, -0.1) is 0 Å². The number of anilines is 1. The number of benzene rings is 1. The number of hydrogen-bond donors (Lipinski definition) is 1. The molecule has 2 rings (SSSR count). The average Bonchev–Trinajstić information content (AvgIpc) is 2.39. The smallest absolute Gasteiger partial charge is 0.129 e. The zero-order valence-corrected chi connectivity index (χ0v) is 12.0. The second-order valence-corrected chi connectivity index (χ2v) is 4.89. The van der Waals surface area contributed by atoms with Crippen molar-refractivity contribution in [2.45, 2.75) is 0 Å². The Hall–Kier alpha value is -1.39. The number of pyridine rings is 1. The summed E-state index contributed by atoms with van der Waals surface area (Å²) in [7, 11) is 1.87. The third-order valence-electron chi connectivity index (χ3n) is 2.33. The Kier molecular flexibility index (Phi) is 4.33. The summed E-state index contributed by atoms with van der Waals surface area (Å²) >= 11 is 9.15. The Labute approximate surface area is 119 Å². The number of nitrogens with zero attached hydrogens (tertiary/aromatic N) is 2. The lowest BCUT2D eigenvalue weighted by atomic mass is 10.2. The number of nitrogens with one attached hydrogen (secondary N) is 1. The van der Waals surface area contributed by atoms with E-state index in [1.165, 1.54) is 0 Å². The van der Waals surface area contributed by atoms with Crippen molar-refractivity contribution in [3.05, 3.63) is 51.7 Å². The van der Waals surface area contributed by atoms with Gasteiger partial charge in [-0.3, -0.25) is 4.99 Å². The third kappa shape index (κ3) is 3.31. The predicted molar refractivity (Wildman–Crippen MR) is 80.2 cm³/mol. The fourth-order valence-corrected chi connectivity index (χ4v) is 1.90. The third-order valence-corrected chi connectivity index (χ3v) is 3.05. The second kappa shape index (κ2) is 5.98. The zero-order valence-electron chi connectivity index (χ0n) is 9.69. The lowest BCUT2D eigenvalue weighted by Gasteiger charge is -2.04. The maximum absolute atomic E-state index is 5.72. The highest BCUT2D eigenvalue weighted by atomic mass is 79.9. The van der Waals surface area contributed by atoms with E-state index >= 15 is 0 Å². The molecule has 0 saturated heterocycles. The maximum atomic E-state index is 5.72. The molecule has 5 heteroatoms. The normalized spacial score (nSPS) is 10.8. The molecule has 0 atom stereocenters. The SMILES string of the molecule is CNc1cc(Br)ccc1N=Cc1ccc(Cl)nc1. The van der Waals surface area contributed by atoms with E-state index in [2.05, 4.69) is 31.2 Å². The van der Waals surface area contributed by atoms with Gasteiger partial charge in [-0.1, -0.05) is 27.5 Å². The molecule has 0 amide bonds. The second-order valence-electron chi connectivity index (χ2n) is 3.58. The molecule has 0 radical (unpaired) electrons. The van der Waals surface area contributed by atoms with Crippen LogP contribution in [0.3, 0.4) is 0 Å². The van der Waals surface area contributed by atoms with Gasteiger partial charge in [0.15, 0.2) is 0 Å². The molecule has 0 fully saturated rings. The van der Waals surface area contributed by atoms with Gasteiger partial charge in [0.25, 0.3) is 0 Å². The molecule has 1 aromatic carbocycles. The standard InChI is InChI=1S/C13H11BrClN3/c1-16-12-6-10(14)3-4-11(12)17-7-9-2-5-13(15)18-8-9/h2-8,16H,1H3. The lowest BCUT2D eigenvalue weighted by molar-refractivity contribution is 1.32. The minimum Gasteiger partial charge on any atom is -0.386 e. The molecule has 92 valence electrons. The quantitative estimate of drug-likeness (QED) is 0.675. The van der Waals surface area contributed by atoms with Gasteiger partial charge in [0, 0.05) is 29.5 Å². The summed E-state index contributed by atoms with van der Waals surface area (Å²) in [6, 6.07) is 9.48. The van der Waals surface area contributed by atoms with Crippen molar-refractivity contribution in [2.75, 3.05) is 12.4 Å². The number of aliphatic imine (C=N–C) groups is 1. The van der Waals surface area contributed by atoms with Crippen molar-refractivity contribution in [2.24, 2.45) is 4.99 Å². The van der Waals surface area contributed by atoms with Crippen molar-refractivity contribution in [3.63, 3.8) is 0 Å². The first-order chi connectivity index (χ1) is 8.69. The number of aromatic nitrogens is 1. The molecule has 2 aromatic rings. The minimum atomic E-state index is 0.478. The lowest BCUT2D eigenvalue weighted by Crippen LogP contribution is -1.89. The van der Waals surface area contributed by atoms with Crippen LogP contribution in [0.2, 0.25) is 5.15 Å². The highest BCUT2D eigenvalue weighted by molar-refractivity contribution is 9.10. The average molecular weight is 325 g/mol. The van der Waals surface area contributed by atoms with Gasteiger partial charge in [-0.25, -0.2) is 4.98 Å². The topological polar surface area (TPSA) is 37.3 Å². The fourth-order valence-electron chi connectivity index (χ4n) is 1.43. The number of rotatable bonds is 3. The molecule has 0 aliphatic rings. The van der Waals surface area contributed by atoms with Crippen LogP contribution in [0.1, 0.15) is 5.56 Å². The van der Waals surface area contributed by atoms with Crippen molar-refractivity contribution >= 4 is 45.1 Å². The predicted octanol–water partition coefficient (Wildman–Crippen LogP) is 4.29. The van der Waals surface area contributed by atoms with Crippen LogP contribution >= 0.6 is 27.5 Å². The number of halogens is 2. The first kappa shape index (κ1) is 13.1. The van der Waals surface area contributed by atoms with Crippen LogP contribution in [0.5, 0.6) is 0 Å². The van der Waals surface area contributed by atoms with Gasteiger partial charge >= 0.3 is 0 Å². The van der Waals surface area contributed by atoms with Crippen LogP contribution in [0.4, 0.5) is 11.4 Å². The van der Waals surface area contributed by atoms with E-state index < -0.39 is 0 Å². The van der Waals surface area contributed by atoms with Crippen LogP contribution in [0.25, 0.3) is 0 Å². The van der Waals surface area contributed by atoms with Gasteiger partial charge in [-0.2, -0.15) is 0 Å². The van der Waals surface area contributed by atoms with Gasteiger partial charge in [0.2, 0.25) is 0 Å².